The first kappa shape index (κ1) is 20.0. The molecule has 0 aromatic heterocycles. The highest BCUT2D eigenvalue weighted by atomic mass is 35.5. The Kier molecular flexibility index (Phi) is 7.80. The van der Waals surface area contributed by atoms with Gasteiger partial charge >= 0.3 is 0 Å². The standard InChI is InChI=1S/C20H26N2O.ClH/c1-3-20(4-2,17-8-6-5-7-9-17)15-22-19(23)14-16-10-12-18(21)13-11-16;/h5-13H,3-4,14-15,21H2,1-2H3,(H,22,23);1H. The van der Waals surface area contributed by atoms with E-state index in [2.05, 4.69) is 43.4 Å². The number of carbonyl (C=O) groups is 1. The largest absolute Gasteiger partial charge is 0.399 e. The quantitative estimate of drug-likeness (QED) is 0.741. The van der Waals surface area contributed by atoms with Crippen LogP contribution in [0.4, 0.5) is 5.69 Å². The number of nitrogens with one attached hydrogen (secondary N) is 1. The fourth-order valence-electron chi connectivity index (χ4n) is 2.95. The Labute approximate surface area is 151 Å². The topological polar surface area (TPSA) is 55.1 Å². The Balaban J connectivity index is 0.00000288. The van der Waals surface area contributed by atoms with E-state index in [1.807, 2.05) is 30.3 Å². The molecule has 0 aliphatic heterocycles. The van der Waals surface area contributed by atoms with Gasteiger partial charge in [0.15, 0.2) is 0 Å². The highest BCUT2D eigenvalue weighted by Crippen LogP contribution is 2.30. The molecule has 130 valence electrons. The van der Waals surface area contributed by atoms with Crippen molar-refractivity contribution in [3.63, 3.8) is 0 Å². The van der Waals surface area contributed by atoms with Crippen LogP contribution in [0.5, 0.6) is 0 Å². The molecule has 0 saturated carbocycles. The molecule has 3 nitrogen and oxygen atoms in total. The van der Waals surface area contributed by atoms with Gasteiger partial charge in [-0.3, -0.25) is 4.79 Å². The lowest BCUT2D eigenvalue weighted by Crippen LogP contribution is -2.40. The van der Waals surface area contributed by atoms with Crippen molar-refractivity contribution >= 4 is 24.0 Å². The van der Waals surface area contributed by atoms with E-state index in [9.17, 15) is 4.79 Å². The molecular formula is C20H27ClN2O. The van der Waals surface area contributed by atoms with Gasteiger partial charge in [0.1, 0.15) is 0 Å². The Bertz CT molecular complexity index is 622. The number of benzene rings is 2. The van der Waals surface area contributed by atoms with Crippen LogP contribution in [-0.4, -0.2) is 12.5 Å². The van der Waals surface area contributed by atoms with Crippen molar-refractivity contribution in [2.45, 2.75) is 38.5 Å². The van der Waals surface area contributed by atoms with Crippen molar-refractivity contribution in [3.05, 3.63) is 65.7 Å². The monoisotopic (exact) mass is 346 g/mol. The van der Waals surface area contributed by atoms with Gasteiger partial charge in [0.05, 0.1) is 6.42 Å². The lowest BCUT2D eigenvalue weighted by atomic mass is 9.76. The fraction of sp³-hybridized carbons (Fsp3) is 0.350. The van der Waals surface area contributed by atoms with Gasteiger partial charge in [0.2, 0.25) is 5.91 Å². The third-order valence-electron chi connectivity index (χ3n) is 4.71. The van der Waals surface area contributed by atoms with Crippen LogP contribution in [-0.2, 0) is 16.6 Å². The molecule has 0 radical (unpaired) electrons. The molecule has 0 heterocycles. The minimum atomic E-state index is -0.00195. The Morgan fingerprint density at radius 2 is 1.58 bits per heavy atom. The molecule has 24 heavy (non-hydrogen) atoms. The molecule has 1 amide bonds. The van der Waals surface area contributed by atoms with Crippen LogP contribution < -0.4 is 11.1 Å². The van der Waals surface area contributed by atoms with Crippen LogP contribution in [0.15, 0.2) is 54.6 Å². The van der Waals surface area contributed by atoms with Crippen molar-refractivity contribution in [3.8, 4) is 0 Å². The summed E-state index contributed by atoms with van der Waals surface area (Å²) in [6, 6.07) is 17.9. The molecule has 0 atom stereocenters. The zero-order valence-corrected chi connectivity index (χ0v) is 15.2. The number of rotatable bonds is 7. The summed E-state index contributed by atoms with van der Waals surface area (Å²) in [6.07, 6.45) is 2.38. The second-order valence-electron chi connectivity index (χ2n) is 6.05. The predicted octanol–water partition coefficient (Wildman–Crippen LogP) is 4.11. The average molecular weight is 347 g/mol. The van der Waals surface area contributed by atoms with Gasteiger partial charge in [-0.1, -0.05) is 56.3 Å². The van der Waals surface area contributed by atoms with Gasteiger partial charge in [-0.2, -0.15) is 0 Å². The van der Waals surface area contributed by atoms with Crippen LogP contribution in [0.1, 0.15) is 37.8 Å². The van der Waals surface area contributed by atoms with E-state index < -0.39 is 0 Å². The van der Waals surface area contributed by atoms with Gasteiger partial charge in [-0.25, -0.2) is 0 Å². The first-order valence-corrected chi connectivity index (χ1v) is 8.26. The number of carbonyl (C=O) groups excluding carboxylic acids is 1. The van der Waals surface area contributed by atoms with Crippen LogP contribution in [0.2, 0.25) is 0 Å². The summed E-state index contributed by atoms with van der Waals surface area (Å²) in [5.74, 6) is 0.0528. The van der Waals surface area contributed by atoms with Gasteiger partial charge < -0.3 is 11.1 Å². The van der Waals surface area contributed by atoms with E-state index in [1.54, 1.807) is 0 Å². The first-order chi connectivity index (χ1) is 11.1. The molecule has 0 aliphatic rings. The Hall–Kier alpha value is -2.00. The van der Waals surface area contributed by atoms with Crippen LogP contribution in [0.3, 0.4) is 0 Å². The Morgan fingerprint density at radius 1 is 1.00 bits per heavy atom. The highest BCUT2D eigenvalue weighted by molar-refractivity contribution is 5.85. The van der Waals surface area contributed by atoms with Crippen molar-refractivity contribution in [1.29, 1.82) is 0 Å². The summed E-state index contributed by atoms with van der Waals surface area (Å²) < 4.78 is 0. The number of anilines is 1. The minimum Gasteiger partial charge on any atom is -0.399 e. The molecule has 2 rings (SSSR count). The Morgan fingerprint density at radius 3 is 2.12 bits per heavy atom. The lowest BCUT2D eigenvalue weighted by Gasteiger charge is -2.32. The summed E-state index contributed by atoms with van der Waals surface area (Å²) in [4.78, 5) is 12.3. The number of hydrogen-bond acceptors (Lipinski definition) is 2. The van der Waals surface area contributed by atoms with Gasteiger partial charge in [-0.05, 0) is 36.1 Å². The number of amides is 1. The fourth-order valence-corrected chi connectivity index (χ4v) is 2.95. The summed E-state index contributed by atoms with van der Waals surface area (Å²) in [5.41, 5.74) is 8.66. The van der Waals surface area contributed by atoms with Gasteiger partial charge in [0, 0.05) is 17.6 Å². The molecule has 0 spiro atoms. The van der Waals surface area contributed by atoms with E-state index in [0.717, 1.165) is 18.4 Å². The number of nitrogens with two attached hydrogens (primary N) is 1. The molecule has 3 N–H and O–H groups in total. The SMILES string of the molecule is CCC(CC)(CNC(=O)Cc1ccc(N)cc1)c1ccccc1.Cl. The van der Waals surface area contributed by atoms with E-state index in [1.165, 1.54) is 5.56 Å². The molecular weight excluding hydrogens is 320 g/mol. The molecule has 0 unspecified atom stereocenters. The number of nitrogen functional groups attached to an aromatic ring is 1. The smallest absolute Gasteiger partial charge is 0.224 e. The second-order valence-corrected chi connectivity index (χ2v) is 6.05. The van der Waals surface area contributed by atoms with Gasteiger partial charge in [-0.15, -0.1) is 12.4 Å². The maximum atomic E-state index is 12.3. The minimum absolute atomic E-state index is 0. The van der Waals surface area contributed by atoms with Crippen molar-refractivity contribution in [1.82, 2.24) is 5.32 Å². The van der Waals surface area contributed by atoms with E-state index in [0.29, 0.717) is 18.7 Å². The number of halogens is 1. The van der Waals surface area contributed by atoms with Crippen LogP contribution in [0.25, 0.3) is 0 Å². The number of hydrogen-bond donors (Lipinski definition) is 2. The van der Waals surface area contributed by atoms with Crippen molar-refractivity contribution < 1.29 is 4.79 Å². The van der Waals surface area contributed by atoms with Crippen LogP contribution in [0, 0.1) is 0 Å². The molecule has 0 bridgehead atoms. The zero-order chi connectivity index (χ0) is 16.7. The van der Waals surface area contributed by atoms with Crippen molar-refractivity contribution in [2.75, 3.05) is 12.3 Å². The highest BCUT2D eigenvalue weighted by Gasteiger charge is 2.28. The first-order valence-electron chi connectivity index (χ1n) is 8.26. The molecule has 2 aromatic rings. The van der Waals surface area contributed by atoms with E-state index in [4.69, 9.17) is 5.73 Å². The summed E-state index contributed by atoms with van der Waals surface area (Å²) in [5, 5.41) is 3.12. The second kappa shape index (κ2) is 9.33. The lowest BCUT2D eigenvalue weighted by molar-refractivity contribution is -0.120. The van der Waals surface area contributed by atoms with Gasteiger partial charge in [0.25, 0.3) is 0 Å². The van der Waals surface area contributed by atoms with E-state index >= 15 is 0 Å². The van der Waals surface area contributed by atoms with Crippen molar-refractivity contribution in [2.24, 2.45) is 0 Å². The summed E-state index contributed by atoms with van der Waals surface area (Å²) in [7, 11) is 0. The zero-order valence-electron chi connectivity index (χ0n) is 14.4. The normalized spacial score (nSPS) is 10.8. The molecule has 0 aliphatic carbocycles. The molecule has 0 saturated heterocycles. The summed E-state index contributed by atoms with van der Waals surface area (Å²) >= 11 is 0. The summed E-state index contributed by atoms with van der Waals surface area (Å²) in [6.45, 7) is 5.03. The van der Waals surface area contributed by atoms with Crippen LogP contribution >= 0.6 is 12.4 Å². The molecule has 0 fully saturated rings. The predicted molar refractivity (Wildman–Crippen MR) is 104 cm³/mol. The maximum Gasteiger partial charge on any atom is 0.224 e. The molecule has 4 heteroatoms. The third kappa shape index (κ3) is 5.00. The average Bonchev–Trinajstić information content (AvgIpc) is 2.59. The van der Waals surface area contributed by atoms with E-state index in [-0.39, 0.29) is 23.7 Å². The maximum absolute atomic E-state index is 12.3. The molecule has 2 aromatic carbocycles. The third-order valence-corrected chi connectivity index (χ3v) is 4.71.